The van der Waals surface area contributed by atoms with E-state index in [0.717, 1.165) is 56.4 Å². The maximum absolute atomic E-state index is 13.4. The normalized spacial score (nSPS) is 19.5. The minimum atomic E-state index is -0.205. The zero-order valence-electron chi connectivity index (χ0n) is 19.8. The molecule has 3 rings (SSSR count). The zero-order valence-corrected chi connectivity index (χ0v) is 19.8. The number of rotatable bonds is 11. The van der Waals surface area contributed by atoms with Gasteiger partial charge in [0.1, 0.15) is 11.4 Å². The fourth-order valence-electron chi connectivity index (χ4n) is 4.41. The summed E-state index contributed by atoms with van der Waals surface area (Å²) in [4.78, 5) is 30.3. The van der Waals surface area contributed by atoms with Crippen LogP contribution in [0.4, 0.5) is 0 Å². The lowest BCUT2D eigenvalue weighted by atomic mass is 9.97. The number of hydrogen-bond donors (Lipinski definition) is 1. The number of ether oxygens (including phenoxy) is 1. The molecule has 0 radical (unpaired) electrons. The fourth-order valence-corrected chi connectivity index (χ4v) is 4.41. The molecular weight excluding hydrogens is 404 g/mol. The quantitative estimate of drug-likeness (QED) is 0.413. The second-order valence-electron chi connectivity index (χ2n) is 9.41. The highest BCUT2D eigenvalue weighted by molar-refractivity contribution is 6.35. The summed E-state index contributed by atoms with van der Waals surface area (Å²) in [7, 11) is 0. The average Bonchev–Trinajstić information content (AvgIpc) is 3.05. The smallest absolute Gasteiger partial charge is 0.277 e. The molecule has 1 saturated heterocycles. The Labute approximate surface area is 192 Å². The minimum absolute atomic E-state index is 0.101. The van der Waals surface area contributed by atoms with Crippen LogP contribution in [0.15, 0.2) is 30.0 Å². The van der Waals surface area contributed by atoms with E-state index in [-0.39, 0.29) is 24.3 Å². The molecule has 2 aliphatic rings. The van der Waals surface area contributed by atoms with Gasteiger partial charge in [0, 0.05) is 26.2 Å². The van der Waals surface area contributed by atoms with Crippen molar-refractivity contribution in [2.24, 2.45) is 11.8 Å². The summed E-state index contributed by atoms with van der Waals surface area (Å²) in [6, 6.07) is 7.50. The molecule has 2 amide bonds. The number of amides is 2. The number of aliphatic hydroxyl groups excluding tert-OH is 1. The van der Waals surface area contributed by atoms with Crippen molar-refractivity contribution < 1.29 is 19.4 Å². The van der Waals surface area contributed by atoms with Crippen molar-refractivity contribution in [1.82, 2.24) is 9.80 Å². The molecule has 1 atom stereocenters. The van der Waals surface area contributed by atoms with Gasteiger partial charge in [0.2, 0.25) is 0 Å². The number of carbonyl (C=O) groups is 2. The summed E-state index contributed by atoms with van der Waals surface area (Å²) in [6.07, 6.45) is 5.90. The van der Waals surface area contributed by atoms with Crippen LogP contribution in [0.2, 0.25) is 0 Å². The van der Waals surface area contributed by atoms with Gasteiger partial charge in [-0.2, -0.15) is 0 Å². The zero-order chi connectivity index (χ0) is 23.1. The number of hydrogen-bond acceptors (Lipinski definition) is 5. The van der Waals surface area contributed by atoms with Gasteiger partial charge in [0.15, 0.2) is 0 Å². The minimum Gasteiger partial charge on any atom is -0.493 e. The van der Waals surface area contributed by atoms with Crippen LogP contribution in [0.3, 0.4) is 0 Å². The summed E-state index contributed by atoms with van der Waals surface area (Å²) < 4.78 is 5.79. The number of benzene rings is 1. The van der Waals surface area contributed by atoms with Crippen molar-refractivity contribution in [2.45, 2.75) is 59.3 Å². The van der Waals surface area contributed by atoms with Crippen LogP contribution in [0.25, 0.3) is 5.57 Å². The summed E-state index contributed by atoms with van der Waals surface area (Å²) in [5.74, 6) is 0.920. The average molecular weight is 443 g/mol. The maximum atomic E-state index is 13.4. The van der Waals surface area contributed by atoms with Gasteiger partial charge in [0.25, 0.3) is 11.8 Å². The first-order chi connectivity index (χ1) is 15.5. The third-order valence-corrected chi connectivity index (χ3v) is 6.20. The van der Waals surface area contributed by atoms with Crippen molar-refractivity contribution in [2.75, 3.05) is 32.8 Å². The molecule has 2 aliphatic heterocycles. The lowest BCUT2D eigenvalue weighted by Gasteiger charge is -2.34. The highest BCUT2D eigenvalue weighted by atomic mass is 16.5. The molecule has 0 saturated carbocycles. The van der Waals surface area contributed by atoms with Crippen LogP contribution in [0.5, 0.6) is 5.75 Å². The van der Waals surface area contributed by atoms with Gasteiger partial charge in [-0.1, -0.05) is 52.2 Å². The van der Waals surface area contributed by atoms with Crippen molar-refractivity contribution in [1.29, 1.82) is 0 Å². The van der Waals surface area contributed by atoms with E-state index in [1.807, 2.05) is 29.2 Å². The molecule has 1 aromatic rings. The predicted octanol–water partition coefficient (Wildman–Crippen LogP) is 4.09. The Morgan fingerprint density at radius 1 is 1.09 bits per heavy atom. The third-order valence-electron chi connectivity index (χ3n) is 6.20. The summed E-state index contributed by atoms with van der Waals surface area (Å²) in [5.41, 5.74) is 1.73. The molecule has 1 fully saturated rings. The van der Waals surface area contributed by atoms with Gasteiger partial charge in [0.05, 0.1) is 12.2 Å². The molecule has 6 heteroatoms. The first-order valence-corrected chi connectivity index (χ1v) is 12.2. The number of unbranched alkanes of at least 4 members (excludes halogenated alkanes) is 3. The van der Waals surface area contributed by atoms with Crippen LogP contribution in [-0.4, -0.2) is 59.6 Å². The maximum Gasteiger partial charge on any atom is 0.277 e. The molecule has 0 aromatic heterocycles. The third kappa shape index (κ3) is 5.71. The van der Waals surface area contributed by atoms with E-state index < -0.39 is 0 Å². The van der Waals surface area contributed by atoms with Crippen LogP contribution in [0.1, 0.15) is 64.9 Å². The Bertz CT molecular complexity index is 816. The molecule has 1 N–H and O–H groups in total. The van der Waals surface area contributed by atoms with E-state index in [1.165, 1.54) is 4.90 Å². The van der Waals surface area contributed by atoms with Crippen LogP contribution in [-0.2, 0) is 9.59 Å². The van der Waals surface area contributed by atoms with Crippen molar-refractivity contribution in [3.05, 3.63) is 35.5 Å². The summed E-state index contributed by atoms with van der Waals surface area (Å²) in [5, 5.41) is 9.67. The topological polar surface area (TPSA) is 70.1 Å². The van der Waals surface area contributed by atoms with Crippen molar-refractivity contribution >= 4 is 17.4 Å². The lowest BCUT2D eigenvalue weighted by molar-refractivity contribution is -0.137. The Hall–Kier alpha value is -2.34. The monoisotopic (exact) mass is 442 g/mol. The highest BCUT2D eigenvalue weighted by Gasteiger charge is 2.42. The van der Waals surface area contributed by atoms with Gasteiger partial charge in [-0.3, -0.25) is 14.5 Å². The van der Waals surface area contributed by atoms with E-state index >= 15 is 0 Å². The summed E-state index contributed by atoms with van der Waals surface area (Å²) >= 11 is 0. The SMILES string of the molecule is CCCCCCN1C(=O)C(c2ccc(OCC(C)C)cc2)=C(N2CCCC(CO)C2)C1=O. The standard InChI is InChI=1S/C26H38N2O4/c1-4-5-6-7-15-28-25(30)23(21-10-12-22(13-11-21)32-18-19(2)3)24(26(28)31)27-14-8-9-20(16-27)17-29/h10-13,19-20,29H,4-9,14-18H2,1-3H3. The van der Waals surface area contributed by atoms with E-state index in [1.54, 1.807) is 0 Å². The number of piperidine rings is 1. The van der Waals surface area contributed by atoms with Gasteiger partial charge < -0.3 is 14.7 Å². The molecule has 0 bridgehead atoms. The van der Waals surface area contributed by atoms with Crippen LogP contribution in [0, 0.1) is 11.8 Å². The van der Waals surface area contributed by atoms with Crippen molar-refractivity contribution in [3.63, 3.8) is 0 Å². The van der Waals surface area contributed by atoms with Crippen molar-refractivity contribution in [3.8, 4) is 5.75 Å². The van der Waals surface area contributed by atoms with Gasteiger partial charge in [-0.15, -0.1) is 0 Å². The second-order valence-corrected chi connectivity index (χ2v) is 9.41. The first-order valence-electron chi connectivity index (χ1n) is 12.2. The molecular formula is C26H38N2O4. The lowest BCUT2D eigenvalue weighted by Crippen LogP contribution is -2.40. The van der Waals surface area contributed by atoms with E-state index in [2.05, 4.69) is 20.8 Å². The highest BCUT2D eigenvalue weighted by Crippen LogP contribution is 2.34. The Morgan fingerprint density at radius 3 is 2.50 bits per heavy atom. The van der Waals surface area contributed by atoms with E-state index in [0.29, 0.717) is 36.9 Å². The number of aliphatic hydroxyl groups is 1. The predicted molar refractivity (Wildman–Crippen MR) is 126 cm³/mol. The number of carbonyl (C=O) groups excluding carboxylic acids is 2. The van der Waals surface area contributed by atoms with E-state index in [4.69, 9.17) is 4.74 Å². The van der Waals surface area contributed by atoms with Gasteiger partial charge in [-0.25, -0.2) is 0 Å². The molecule has 1 aromatic carbocycles. The van der Waals surface area contributed by atoms with Gasteiger partial charge >= 0.3 is 0 Å². The Morgan fingerprint density at radius 2 is 1.84 bits per heavy atom. The van der Waals surface area contributed by atoms with Gasteiger partial charge in [-0.05, 0) is 48.8 Å². The largest absolute Gasteiger partial charge is 0.493 e. The number of imide groups is 1. The molecule has 0 aliphatic carbocycles. The van der Waals surface area contributed by atoms with E-state index in [9.17, 15) is 14.7 Å². The van der Waals surface area contributed by atoms with Crippen LogP contribution >= 0.6 is 0 Å². The van der Waals surface area contributed by atoms with Crippen LogP contribution < -0.4 is 4.74 Å². The molecule has 32 heavy (non-hydrogen) atoms. The summed E-state index contributed by atoms with van der Waals surface area (Å²) in [6.45, 7) is 8.87. The fraction of sp³-hybridized carbons (Fsp3) is 0.615. The Kier molecular flexibility index (Phi) is 8.74. The number of nitrogens with zero attached hydrogens (tertiary/aromatic N) is 2. The Balaban J connectivity index is 1.88. The molecule has 176 valence electrons. The first kappa shape index (κ1) is 24.3. The molecule has 0 spiro atoms. The second kappa shape index (κ2) is 11.5. The number of likely N-dealkylation sites (tertiary alicyclic amines) is 1. The molecule has 6 nitrogen and oxygen atoms in total. The molecule has 2 heterocycles. The molecule has 1 unspecified atom stereocenters.